The Hall–Kier alpha value is -2.69. The molecule has 0 saturated heterocycles. The Morgan fingerprint density at radius 3 is 2.38 bits per heavy atom. The van der Waals surface area contributed by atoms with E-state index in [2.05, 4.69) is 5.32 Å². The van der Waals surface area contributed by atoms with Crippen molar-refractivity contribution in [2.24, 2.45) is 0 Å². The molecule has 1 atom stereocenters. The Morgan fingerprint density at radius 1 is 1.08 bits per heavy atom. The normalized spacial score (nSPS) is 13.2. The Labute approximate surface area is 227 Å². The third-order valence-electron chi connectivity index (χ3n) is 5.93. The number of ether oxygens (including phenoxy) is 2. The molecule has 202 valence electrons. The van der Waals surface area contributed by atoms with E-state index in [1.54, 1.807) is 31.2 Å². The molecule has 2 amide bonds. The van der Waals surface area contributed by atoms with Crippen LogP contribution in [-0.2, 0) is 26.2 Å². The number of sulfonamides is 1. The first-order valence-corrected chi connectivity index (χ1v) is 14.5. The monoisotopic (exact) mass is 571 g/mol. The van der Waals surface area contributed by atoms with Gasteiger partial charge in [-0.3, -0.25) is 13.9 Å². The highest BCUT2D eigenvalue weighted by Gasteiger charge is 2.33. The second kappa shape index (κ2) is 12.7. The van der Waals surface area contributed by atoms with Crippen molar-refractivity contribution < 1.29 is 27.5 Å². The summed E-state index contributed by atoms with van der Waals surface area (Å²) in [5, 5.41) is 3.54. The molecule has 1 aliphatic heterocycles. The van der Waals surface area contributed by atoms with Gasteiger partial charge in [0.15, 0.2) is 11.5 Å². The summed E-state index contributed by atoms with van der Waals surface area (Å²) in [6.07, 6.45) is 3.00. The van der Waals surface area contributed by atoms with Crippen LogP contribution in [0, 0.1) is 0 Å². The minimum absolute atomic E-state index is 0.0221. The number of anilines is 1. The van der Waals surface area contributed by atoms with Crippen LogP contribution in [0.1, 0.15) is 38.7 Å². The van der Waals surface area contributed by atoms with Crippen LogP contribution in [-0.4, -0.2) is 57.3 Å². The lowest BCUT2D eigenvalue weighted by Gasteiger charge is -2.33. The van der Waals surface area contributed by atoms with Gasteiger partial charge in [-0.15, -0.1) is 0 Å². The zero-order chi connectivity index (χ0) is 27.2. The van der Waals surface area contributed by atoms with Gasteiger partial charge in [0.05, 0.1) is 11.9 Å². The maximum atomic E-state index is 13.8. The number of unbranched alkanes of at least 4 members (excludes halogenated alkanes) is 1. The van der Waals surface area contributed by atoms with E-state index in [9.17, 15) is 18.0 Å². The van der Waals surface area contributed by atoms with Gasteiger partial charge in [0.2, 0.25) is 28.6 Å². The highest BCUT2D eigenvalue weighted by atomic mass is 35.5. The lowest BCUT2D eigenvalue weighted by molar-refractivity contribution is -0.140. The van der Waals surface area contributed by atoms with Crippen LogP contribution in [0.15, 0.2) is 36.4 Å². The minimum Gasteiger partial charge on any atom is -0.454 e. The minimum atomic E-state index is -3.89. The summed E-state index contributed by atoms with van der Waals surface area (Å²) >= 11 is 12.8. The van der Waals surface area contributed by atoms with Gasteiger partial charge in [-0.2, -0.15) is 0 Å². The van der Waals surface area contributed by atoms with E-state index >= 15 is 0 Å². The predicted molar refractivity (Wildman–Crippen MR) is 144 cm³/mol. The smallest absolute Gasteiger partial charge is 0.244 e. The van der Waals surface area contributed by atoms with Gasteiger partial charge in [0.25, 0.3) is 0 Å². The van der Waals surface area contributed by atoms with Crippen LogP contribution in [0.2, 0.25) is 10.0 Å². The fourth-order valence-electron chi connectivity index (χ4n) is 3.93. The van der Waals surface area contributed by atoms with Crippen LogP contribution in [0.5, 0.6) is 11.5 Å². The number of benzene rings is 2. The Morgan fingerprint density at radius 2 is 1.76 bits per heavy atom. The first-order chi connectivity index (χ1) is 17.6. The van der Waals surface area contributed by atoms with Gasteiger partial charge in [-0.1, -0.05) is 49.5 Å². The fourth-order valence-corrected chi connectivity index (χ4v) is 5.29. The lowest BCUT2D eigenvalue weighted by atomic mass is 10.1. The van der Waals surface area contributed by atoms with E-state index in [-0.39, 0.29) is 24.9 Å². The largest absolute Gasteiger partial charge is 0.454 e. The second-order valence-electron chi connectivity index (χ2n) is 8.60. The molecular weight excluding hydrogens is 541 g/mol. The molecule has 9 nitrogen and oxygen atoms in total. The van der Waals surface area contributed by atoms with Crippen LogP contribution >= 0.6 is 23.2 Å². The summed E-state index contributed by atoms with van der Waals surface area (Å²) in [4.78, 5) is 28.2. The van der Waals surface area contributed by atoms with Crippen molar-refractivity contribution in [1.29, 1.82) is 0 Å². The number of hydrogen-bond acceptors (Lipinski definition) is 6. The van der Waals surface area contributed by atoms with Crippen molar-refractivity contribution in [2.45, 2.75) is 45.7 Å². The Kier molecular flexibility index (Phi) is 9.92. The van der Waals surface area contributed by atoms with Crippen molar-refractivity contribution in [3.05, 3.63) is 52.0 Å². The molecule has 0 fully saturated rings. The Bertz CT molecular complexity index is 1220. The highest BCUT2D eigenvalue weighted by molar-refractivity contribution is 7.92. The van der Waals surface area contributed by atoms with Crippen molar-refractivity contribution in [1.82, 2.24) is 10.2 Å². The average Bonchev–Trinajstić information content (AvgIpc) is 3.31. The third-order valence-corrected chi connectivity index (χ3v) is 7.78. The summed E-state index contributed by atoms with van der Waals surface area (Å²) in [6.45, 7) is 3.66. The predicted octanol–water partition coefficient (Wildman–Crippen LogP) is 4.21. The van der Waals surface area contributed by atoms with E-state index in [4.69, 9.17) is 32.7 Å². The van der Waals surface area contributed by atoms with Crippen LogP contribution < -0.4 is 19.1 Å². The molecule has 2 aromatic rings. The quantitative estimate of drug-likeness (QED) is 0.382. The standard InChI is InChI=1S/C25H31Cl2N3O6S/c1-4-6-12-28-25(32)21(5-2)29(14-18-19(26)8-7-9-20(18)27)24(31)15-30(37(3,33)34)17-10-11-22-23(13-17)36-16-35-22/h7-11,13,21H,4-6,12,14-16H2,1-3H3,(H,28,32)/t21-/m1/s1. The number of rotatable bonds is 12. The number of hydrogen-bond donors (Lipinski definition) is 1. The molecule has 1 N–H and O–H groups in total. The molecule has 0 saturated carbocycles. The number of halogens is 2. The Balaban J connectivity index is 1.96. The average molecular weight is 573 g/mol. The van der Waals surface area contributed by atoms with Gasteiger partial charge in [0, 0.05) is 34.8 Å². The molecule has 0 aliphatic carbocycles. The van der Waals surface area contributed by atoms with Crippen LogP contribution in [0.3, 0.4) is 0 Å². The topological polar surface area (TPSA) is 105 Å². The van der Waals surface area contributed by atoms with Crippen molar-refractivity contribution in [3.8, 4) is 11.5 Å². The van der Waals surface area contributed by atoms with Gasteiger partial charge in [-0.05, 0) is 37.1 Å². The number of nitrogens with zero attached hydrogens (tertiary/aromatic N) is 2. The molecule has 2 aromatic carbocycles. The molecule has 0 bridgehead atoms. The zero-order valence-electron chi connectivity index (χ0n) is 21.0. The van der Waals surface area contributed by atoms with Crippen molar-refractivity contribution >= 4 is 50.7 Å². The SMILES string of the molecule is CCCCNC(=O)[C@@H](CC)N(Cc1c(Cl)cccc1Cl)C(=O)CN(c1ccc2c(c1)OCO2)S(C)(=O)=O. The molecule has 0 spiro atoms. The second-order valence-corrected chi connectivity index (χ2v) is 11.3. The molecule has 1 heterocycles. The number of carbonyl (C=O) groups is 2. The molecule has 0 radical (unpaired) electrons. The van der Waals surface area contributed by atoms with Gasteiger partial charge in [0.1, 0.15) is 12.6 Å². The molecular formula is C25H31Cl2N3O6S. The maximum Gasteiger partial charge on any atom is 0.244 e. The molecule has 1 aliphatic rings. The summed E-state index contributed by atoms with van der Waals surface area (Å²) in [5.41, 5.74) is 0.698. The van der Waals surface area contributed by atoms with E-state index in [0.29, 0.717) is 40.1 Å². The fraction of sp³-hybridized carbons (Fsp3) is 0.440. The molecule has 0 aromatic heterocycles. The summed E-state index contributed by atoms with van der Waals surface area (Å²) in [7, 11) is -3.89. The number of nitrogens with one attached hydrogen (secondary N) is 1. The van der Waals surface area contributed by atoms with E-state index in [1.807, 2.05) is 6.92 Å². The lowest BCUT2D eigenvalue weighted by Crippen LogP contribution is -2.52. The van der Waals surface area contributed by atoms with Crippen molar-refractivity contribution in [3.63, 3.8) is 0 Å². The number of amides is 2. The van der Waals surface area contributed by atoms with Crippen LogP contribution in [0.25, 0.3) is 0 Å². The van der Waals surface area contributed by atoms with Gasteiger partial charge in [-0.25, -0.2) is 8.42 Å². The third kappa shape index (κ3) is 7.21. The van der Waals surface area contributed by atoms with Gasteiger partial charge < -0.3 is 19.7 Å². The molecule has 3 rings (SSSR count). The number of fused-ring (bicyclic) bond motifs is 1. The van der Waals surface area contributed by atoms with Crippen LogP contribution in [0.4, 0.5) is 5.69 Å². The summed E-state index contributed by atoms with van der Waals surface area (Å²) < 4.78 is 37.2. The van der Waals surface area contributed by atoms with E-state index in [0.717, 1.165) is 23.4 Å². The first kappa shape index (κ1) is 28.9. The molecule has 0 unspecified atom stereocenters. The maximum absolute atomic E-state index is 13.8. The van der Waals surface area contributed by atoms with Crippen molar-refractivity contribution in [2.75, 3.05) is 30.4 Å². The number of carbonyl (C=O) groups excluding carboxylic acids is 2. The van der Waals surface area contributed by atoms with E-state index in [1.165, 1.54) is 17.0 Å². The van der Waals surface area contributed by atoms with E-state index < -0.39 is 28.5 Å². The summed E-state index contributed by atoms with van der Waals surface area (Å²) in [5.74, 6) is -0.0635. The highest BCUT2D eigenvalue weighted by Crippen LogP contribution is 2.36. The van der Waals surface area contributed by atoms with Gasteiger partial charge >= 0.3 is 0 Å². The first-order valence-electron chi connectivity index (χ1n) is 11.9. The summed E-state index contributed by atoms with van der Waals surface area (Å²) in [6, 6.07) is 8.71. The zero-order valence-corrected chi connectivity index (χ0v) is 23.3. The molecule has 37 heavy (non-hydrogen) atoms. The molecule has 12 heteroatoms.